The maximum absolute atomic E-state index is 12.4. The average molecular weight is 293 g/mol. The Morgan fingerprint density at radius 2 is 2.38 bits per heavy atom. The van der Waals surface area contributed by atoms with Gasteiger partial charge in [-0.15, -0.1) is 0 Å². The van der Waals surface area contributed by atoms with Gasteiger partial charge in [0.25, 0.3) is 11.6 Å². The van der Waals surface area contributed by atoms with Crippen LogP contribution in [0.1, 0.15) is 23.2 Å². The number of carbonyl (C=O) groups is 1. The Morgan fingerprint density at radius 3 is 2.95 bits per heavy atom. The van der Waals surface area contributed by atoms with Gasteiger partial charge in [-0.1, -0.05) is 0 Å². The molecule has 0 saturated carbocycles. The molecule has 114 valence electrons. The molecule has 21 heavy (non-hydrogen) atoms. The van der Waals surface area contributed by atoms with E-state index >= 15 is 0 Å². The standard InChI is InChI=1S/C13H19N5O3/c1-16-5-3-4-9(16)8-17(2)13(19)11-6-10(18(20)21)7-15-12(11)14/h6-7,9H,3-5,8H2,1-2H3,(H2,14,15). The van der Waals surface area contributed by atoms with Gasteiger partial charge in [0.15, 0.2) is 0 Å². The molecule has 1 fully saturated rings. The van der Waals surface area contributed by atoms with E-state index in [1.807, 2.05) is 7.05 Å². The van der Waals surface area contributed by atoms with Crippen molar-refractivity contribution in [1.82, 2.24) is 14.8 Å². The van der Waals surface area contributed by atoms with Gasteiger partial charge in [-0.05, 0) is 26.4 Å². The molecule has 1 unspecified atom stereocenters. The molecule has 8 heteroatoms. The Balaban J connectivity index is 2.15. The Labute approximate surface area is 122 Å². The second kappa shape index (κ2) is 6.04. The Morgan fingerprint density at radius 1 is 1.67 bits per heavy atom. The molecule has 1 atom stereocenters. The van der Waals surface area contributed by atoms with E-state index in [1.165, 1.54) is 6.07 Å². The normalized spacial score (nSPS) is 18.7. The molecule has 1 aliphatic rings. The van der Waals surface area contributed by atoms with Crippen LogP contribution in [0.5, 0.6) is 0 Å². The molecule has 0 spiro atoms. The second-order valence-corrected chi connectivity index (χ2v) is 5.35. The summed E-state index contributed by atoms with van der Waals surface area (Å²) in [4.78, 5) is 30.1. The van der Waals surface area contributed by atoms with Crippen molar-refractivity contribution >= 4 is 17.4 Å². The van der Waals surface area contributed by atoms with Gasteiger partial charge in [0.1, 0.15) is 12.0 Å². The van der Waals surface area contributed by atoms with Crippen LogP contribution < -0.4 is 5.73 Å². The molecule has 2 heterocycles. The van der Waals surface area contributed by atoms with Gasteiger partial charge in [0.05, 0.1) is 10.5 Å². The summed E-state index contributed by atoms with van der Waals surface area (Å²) in [6, 6.07) is 1.49. The lowest BCUT2D eigenvalue weighted by molar-refractivity contribution is -0.385. The highest BCUT2D eigenvalue weighted by Crippen LogP contribution is 2.20. The van der Waals surface area contributed by atoms with Crippen molar-refractivity contribution in [2.45, 2.75) is 18.9 Å². The largest absolute Gasteiger partial charge is 0.383 e. The number of rotatable bonds is 4. The molecule has 1 aromatic rings. The number of likely N-dealkylation sites (N-methyl/N-ethyl adjacent to an activating group) is 2. The molecule has 1 amide bonds. The van der Waals surface area contributed by atoms with Gasteiger partial charge in [0, 0.05) is 25.7 Å². The summed E-state index contributed by atoms with van der Waals surface area (Å²) in [6.07, 6.45) is 3.21. The average Bonchev–Trinajstić information content (AvgIpc) is 2.83. The zero-order valence-electron chi connectivity index (χ0n) is 12.2. The van der Waals surface area contributed by atoms with E-state index in [4.69, 9.17) is 5.73 Å². The fourth-order valence-electron chi connectivity index (χ4n) is 2.55. The summed E-state index contributed by atoms with van der Waals surface area (Å²) >= 11 is 0. The van der Waals surface area contributed by atoms with Crippen molar-refractivity contribution < 1.29 is 9.72 Å². The lowest BCUT2D eigenvalue weighted by Gasteiger charge is -2.26. The summed E-state index contributed by atoms with van der Waals surface area (Å²) in [5, 5.41) is 10.8. The van der Waals surface area contributed by atoms with Gasteiger partial charge in [-0.25, -0.2) is 4.98 Å². The summed E-state index contributed by atoms with van der Waals surface area (Å²) in [6.45, 7) is 1.59. The minimum Gasteiger partial charge on any atom is -0.383 e. The molecule has 2 rings (SSSR count). The number of nitrogens with zero attached hydrogens (tertiary/aromatic N) is 4. The summed E-state index contributed by atoms with van der Waals surface area (Å²) in [5.74, 6) is -0.332. The zero-order valence-corrected chi connectivity index (χ0v) is 12.2. The highest BCUT2D eigenvalue weighted by Gasteiger charge is 2.26. The summed E-state index contributed by atoms with van der Waals surface area (Å²) in [5.41, 5.74) is 5.51. The number of nitrogen functional groups attached to an aromatic ring is 1. The molecule has 8 nitrogen and oxygen atoms in total. The number of anilines is 1. The molecule has 0 bridgehead atoms. The van der Waals surface area contributed by atoms with Crippen molar-refractivity contribution in [1.29, 1.82) is 0 Å². The maximum atomic E-state index is 12.4. The van der Waals surface area contributed by atoms with E-state index < -0.39 is 4.92 Å². The van der Waals surface area contributed by atoms with Crippen LogP contribution >= 0.6 is 0 Å². The van der Waals surface area contributed by atoms with Gasteiger partial charge < -0.3 is 15.5 Å². The molecule has 2 N–H and O–H groups in total. The van der Waals surface area contributed by atoms with E-state index in [1.54, 1.807) is 11.9 Å². The number of nitro groups is 1. The molecular formula is C13H19N5O3. The number of hydrogen-bond acceptors (Lipinski definition) is 6. The van der Waals surface area contributed by atoms with Crippen LogP contribution in [-0.4, -0.2) is 58.8 Å². The first-order valence-electron chi connectivity index (χ1n) is 6.75. The third kappa shape index (κ3) is 3.27. The van der Waals surface area contributed by atoms with Crippen LogP contribution in [0.25, 0.3) is 0 Å². The van der Waals surface area contributed by atoms with E-state index in [0.29, 0.717) is 12.6 Å². The zero-order chi connectivity index (χ0) is 15.6. The van der Waals surface area contributed by atoms with Crippen LogP contribution in [0.15, 0.2) is 12.3 Å². The molecule has 0 aliphatic carbocycles. The Hall–Kier alpha value is -2.22. The fourth-order valence-corrected chi connectivity index (χ4v) is 2.55. The van der Waals surface area contributed by atoms with Crippen LogP contribution in [0.3, 0.4) is 0 Å². The van der Waals surface area contributed by atoms with Crippen molar-refractivity contribution in [2.24, 2.45) is 0 Å². The summed E-state index contributed by atoms with van der Waals surface area (Å²) in [7, 11) is 3.70. The number of aromatic nitrogens is 1. The molecule has 1 aromatic heterocycles. The third-order valence-electron chi connectivity index (χ3n) is 3.85. The lowest BCUT2D eigenvalue weighted by atomic mass is 10.1. The molecule has 0 aromatic carbocycles. The van der Waals surface area contributed by atoms with Crippen molar-refractivity contribution in [3.63, 3.8) is 0 Å². The van der Waals surface area contributed by atoms with Gasteiger partial charge in [-0.3, -0.25) is 14.9 Å². The quantitative estimate of drug-likeness (QED) is 0.648. The first-order chi connectivity index (χ1) is 9.90. The van der Waals surface area contributed by atoms with Gasteiger partial charge >= 0.3 is 0 Å². The van der Waals surface area contributed by atoms with Gasteiger partial charge in [-0.2, -0.15) is 0 Å². The minimum atomic E-state index is -0.589. The minimum absolute atomic E-state index is 0.0113. The number of amides is 1. The molecule has 0 radical (unpaired) electrons. The van der Waals surface area contributed by atoms with Crippen LogP contribution in [0.2, 0.25) is 0 Å². The van der Waals surface area contributed by atoms with E-state index in [9.17, 15) is 14.9 Å². The second-order valence-electron chi connectivity index (χ2n) is 5.35. The van der Waals surface area contributed by atoms with Crippen LogP contribution in [0, 0.1) is 10.1 Å². The summed E-state index contributed by atoms with van der Waals surface area (Å²) < 4.78 is 0. The van der Waals surface area contributed by atoms with E-state index in [0.717, 1.165) is 25.6 Å². The predicted molar refractivity (Wildman–Crippen MR) is 77.9 cm³/mol. The van der Waals surface area contributed by atoms with Crippen LogP contribution in [0.4, 0.5) is 11.5 Å². The van der Waals surface area contributed by atoms with E-state index in [-0.39, 0.29) is 23.0 Å². The van der Waals surface area contributed by atoms with Crippen molar-refractivity contribution in [3.8, 4) is 0 Å². The topological polar surface area (TPSA) is 106 Å². The number of hydrogen-bond donors (Lipinski definition) is 1. The fraction of sp³-hybridized carbons (Fsp3) is 0.538. The molecule has 1 aliphatic heterocycles. The van der Waals surface area contributed by atoms with E-state index in [2.05, 4.69) is 9.88 Å². The SMILES string of the molecule is CN(CC1CCCN1C)C(=O)c1cc([N+](=O)[O-])cnc1N. The smallest absolute Gasteiger partial charge is 0.288 e. The first-order valence-corrected chi connectivity index (χ1v) is 6.75. The van der Waals surface area contributed by atoms with Crippen molar-refractivity contribution in [3.05, 3.63) is 27.9 Å². The first kappa shape index (κ1) is 15.2. The predicted octanol–water partition coefficient (Wildman–Crippen LogP) is 0.738. The Kier molecular flexibility index (Phi) is 4.37. The highest BCUT2D eigenvalue weighted by atomic mass is 16.6. The highest BCUT2D eigenvalue weighted by molar-refractivity contribution is 5.98. The third-order valence-corrected chi connectivity index (χ3v) is 3.85. The number of nitrogens with two attached hydrogens (primary N) is 1. The molecule has 1 saturated heterocycles. The number of pyridine rings is 1. The molecular weight excluding hydrogens is 274 g/mol. The lowest BCUT2D eigenvalue weighted by Crippen LogP contribution is -2.39. The van der Waals surface area contributed by atoms with Crippen molar-refractivity contribution in [2.75, 3.05) is 32.9 Å². The monoisotopic (exact) mass is 293 g/mol. The number of likely N-dealkylation sites (tertiary alicyclic amines) is 1. The number of carbonyl (C=O) groups excluding carboxylic acids is 1. The Bertz CT molecular complexity index is 563. The van der Waals surface area contributed by atoms with Crippen LogP contribution in [-0.2, 0) is 0 Å². The maximum Gasteiger partial charge on any atom is 0.288 e. The van der Waals surface area contributed by atoms with Gasteiger partial charge in [0.2, 0.25) is 0 Å².